The number of para-hydroxylation sites is 2. The molecule has 6 heteroatoms. The fraction of sp³-hybridized carbons (Fsp3) is 0.133. The molecule has 0 saturated carbocycles. The molecular weight excluding hydrogens is 304 g/mol. The summed E-state index contributed by atoms with van der Waals surface area (Å²) < 4.78 is 24.3. The number of hydrogen-bond acceptors (Lipinski definition) is 4. The van der Waals surface area contributed by atoms with E-state index in [4.69, 9.17) is 0 Å². The van der Waals surface area contributed by atoms with Crippen LogP contribution < -0.4 is 0 Å². The lowest BCUT2D eigenvalue weighted by molar-refractivity contribution is 0.597. The minimum atomic E-state index is -3.22. The van der Waals surface area contributed by atoms with E-state index in [1.165, 1.54) is 11.8 Å². The molecule has 1 heterocycles. The van der Waals surface area contributed by atoms with Crippen LogP contribution in [0.4, 0.5) is 0 Å². The molecule has 0 fully saturated rings. The summed E-state index contributed by atoms with van der Waals surface area (Å²) >= 11 is 1.42. The normalized spacial score (nSPS) is 11.8. The van der Waals surface area contributed by atoms with Gasteiger partial charge in [0.05, 0.1) is 21.7 Å². The van der Waals surface area contributed by atoms with Gasteiger partial charge in [0.1, 0.15) is 0 Å². The molecule has 0 saturated heterocycles. The summed E-state index contributed by atoms with van der Waals surface area (Å²) in [6, 6.07) is 16.3. The molecule has 0 unspecified atom stereocenters. The standard InChI is InChI=1S/C15H14N2O2S2/c18-21(19,12-6-2-1-3-7-12)11-10-20-15-16-13-8-4-5-9-14(13)17-15/h1-9H,10-11H2,(H,16,17). The van der Waals surface area contributed by atoms with Crippen molar-refractivity contribution in [1.82, 2.24) is 9.97 Å². The third kappa shape index (κ3) is 3.28. The maximum Gasteiger partial charge on any atom is 0.179 e. The van der Waals surface area contributed by atoms with Crippen LogP contribution in [0.2, 0.25) is 0 Å². The van der Waals surface area contributed by atoms with Crippen LogP contribution in [-0.2, 0) is 9.84 Å². The van der Waals surface area contributed by atoms with Crippen molar-refractivity contribution in [2.45, 2.75) is 10.1 Å². The number of aromatic amines is 1. The van der Waals surface area contributed by atoms with Gasteiger partial charge in [0, 0.05) is 5.75 Å². The first kappa shape index (κ1) is 14.2. The Morgan fingerprint density at radius 3 is 2.48 bits per heavy atom. The van der Waals surface area contributed by atoms with Crippen molar-refractivity contribution in [2.75, 3.05) is 11.5 Å². The van der Waals surface area contributed by atoms with Crippen molar-refractivity contribution < 1.29 is 8.42 Å². The van der Waals surface area contributed by atoms with Gasteiger partial charge < -0.3 is 4.98 Å². The van der Waals surface area contributed by atoms with E-state index in [0.29, 0.717) is 10.6 Å². The third-order valence-electron chi connectivity index (χ3n) is 3.06. The fourth-order valence-electron chi connectivity index (χ4n) is 1.99. The highest BCUT2D eigenvalue weighted by molar-refractivity contribution is 8.00. The zero-order chi connectivity index (χ0) is 14.7. The molecule has 0 aliphatic heterocycles. The maximum atomic E-state index is 12.2. The molecule has 0 bridgehead atoms. The number of aromatic nitrogens is 2. The lowest BCUT2D eigenvalue weighted by Crippen LogP contribution is -2.08. The first-order valence-electron chi connectivity index (χ1n) is 6.50. The molecule has 0 amide bonds. The van der Waals surface area contributed by atoms with Crippen molar-refractivity contribution in [1.29, 1.82) is 0 Å². The molecule has 108 valence electrons. The molecule has 0 radical (unpaired) electrons. The van der Waals surface area contributed by atoms with Crippen LogP contribution in [0.1, 0.15) is 0 Å². The van der Waals surface area contributed by atoms with Gasteiger partial charge in [-0.1, -0.05) is 42.1 Å². The Hall–Kier alpha value is -1.79. The highest BCUT2D eigenvalue weighted by atomic mass is 32.2. The summed E-state index contributed by atoms with van der Waals surface area (Å²) in [6.45, 7) is 0. The lowest BCUT2D eigenvalue weighted by Gasteiger charge is -2.02. The molecule has 4 nitrogen and oxygen atoms in total. The summed E-state index contributed by atoms with van der Waals surface area (Å²) in [6.07, 6.45) is 0. The summed E-state index contributed by atoms with van der Waals surface area (Å²) in [7, 11) is -3.22. The van der Waals surface area contributed by atoms with E-state index in [1.807, 2.05) is 30.3 Å². The predicted molar refractivity (Wildman–Crippen MR) is 85.3 cm³/mol. The first-order chi connectivity index (χ1) is 10.1. The SMILES string of the molecule is O=S(=O)(CCSc1nc2ccccc2[nH]1)c1ccccc1. The van der Waals surface area contributed by atoms with E-state index < -0.39 is 9.84 Å². The van der Waals surface area contributed by atoms with Crippen LogP contribution in [0.3, 0.4) is 0 Å². The zero-order valence-corrected chi connectivity index (χ0v) is 12.8. The van der Waals surface area contributed by atoms with E-state index >= 15 is 0 Å². The van der Waals surface area contributed by atoms with Gasteiger partial charge in [0.25, 0.3) is 0 Å². The minimum absolute atomic E-state index is 0.0960. The highest BCUT2D eigenvalue weighted by Gasteiger charge is 2.14. The summed E-state index contributed by atoms with van der Waals surface area (Å²) in [5, 5.41) is 0.750. The average molecular weight is 318 g/mol. The van der Waals surface area contributed by atoms with Crippen molar-refractivity contribution in [3.63, 3.8) is 0 Å². The number of H-pyrrole nitrogens is 1. The number of sulfone groups is 1. The summed E-state index contributed by atoms with van der Waals surface area (Å²) in [4.78, 5) is 7.97. The van der Waals surface area contributed by atoms with Crippen molar-refractivity contribution in [3.05, 3.63) is 54.6 Å². The van der Waals surface area contributed by atoms with Gasteiger partial charge in [-0.2, -0.15) is 0 Å². The second-order valence-corrected chi connectivity index (χ2v) is 7.73. The van der Waals surface area contributed by atoms with E-state index in [1.54, 1.807) is 24.3 Å². The average Bonchev–Trinajstić information content (AvgIpc) is 2.90. The number of nitrogens with zero attached hydrogens (tertiary/aromatic N) is 1. The number of imidazole rings is 1. The number of rotatable bonds is 5. The van der Waals surface area contributed by atoms with Crippen LogP contribution in [0.15, 0.2) is 64.6 Å². The highest BCUT2D eigenvalue weighted by Crippen LogP contribution is 2.20. The Kier molecular flexibility index (Phi) is 3.98. The first-order valence-corrected chi connectivity index (χ1v) is 9.14. The zero-order valence-electron chi connectivity index (χ0n) is 11.2. The Labute approximate surface area is 127 Å². The summed E-state index contributed by atoms with van der Waals surface area (Å²) in [5.41, 5.74) is 1.86. The van der Waals surface area contributed by atoms with Crippen LogP contribution in [0.5, 0.6) is 0 Å². The number of nitrogens with one attached hydrogen (secondary N) is 1. The Morgan fingerprint density at radius 1 is 1.00 bits per heavy atom. The topological polar surface area (TPSA) is 62.8 Å². The van der Waals surface area contributed by atoms with Crippen LogP contribution in [0.25, 0.3) is 11.0 Å². The van der Waals surface area contributed by atoms with E-state index in [9.17, 15) is 8.42 Å². The predicted octanol–water partition coefficient (Wildman–Crippen LogP) is 3.13. The van der Waals surface area contributed by atoms with Gasteiger partial charge in [-0.3, -0.25) is 0 Å². The Morgan fingerprint density at radius 2 is 1.71 bits per heavy atom. The molecule has 1 N–H and O–H groups in total. The molecule has 2 aromatic carbocycles. The molecule has 3 rings (SSSR count). The second-order valence-electron chi connectivity index (χ2n) is 4.54. The number of benzene rings is 2. The van der Waals surface area contributed by atoms with E-state index in [0.717, 1.165) is 16.2 Å². The van der Waals surface area contributed by atoms with E-state index in [2.05, 4.69) is 9.97 Å². The van der Waals surface area contributed by atoms with Crippen molar-refractivity contribution in [2.24, 2.45) is 0 Å². The smallest absolute Gasteiger partial charge is 0.179 e. The summed E-state index contributed by atoms with van der Waals surface area (Å²) in [5.74, 6) is 0.565. The van der Waals surface area contributed by atoms with E-state index in [-0.39, 0.29) is 5.75 Å². The van der Waals surface area contributed by atoms with Crippen molar-refractivity contribution >= 4 is 32.6 Å². The molecular formula is C15H14N2O2S2. The monoisotopic (exact) mass is 318 g/mol. The minimum Gasteiger partial charge on any atom is -0.333 e. The number of fused-ring (bicyclic) bond motifs is 1. The third-order valence-corrected chi connectivity index (χ3v) is 5.93. The van der Waals surface area contributed by atoms with Gasteiger partial charge in [0.15, 0.2) is 15.0 Å². The fourth-order valence-corrected chi connectivity index (χ4v) is 4.55. The van der Waals surface area contributed by atoms with Crippen LogP contribution in [0, 0.1) is 0 Å². The van der Waals surface area contributed by atoms with Crippen molar-refractivity contribution in [3.8, 4) is 0 Å². The van der Waals surface area contributed by atoms with Crippen LogP contribution in [-0.4, -0.2) is 29.9 Å². The van der Waals surface area contributed by atoms with Gasteiger partial charge in [-0.25, -0.2) is 13.4 Å². The molecule has 0 aliphatic carbocycles. The second kappa shape index (κ2) is 5.91. The van der Waals surface area contributed by atoms with Crippen LogP contribution >= 0.6 is 11.8 Å². The number of hydrogen-bond donors (Lipinski definition) is 1. The maximum absolute atomic E-state index is 12.2. The molecule has 1 aromatic heterocycles. The Bertz CT molecular complexity index is 809. The van der Waals surface area contributed by atoms with Gasteiger partial charge in [-0.05, 0) is 24.3 Å². The molecule has 3 aromatic rings. The number of thioether (sulfide) groups is 1. The molecule has 0 spiro atoms. The molecule has 0 aliphatic rings. The van der Waals surface area contributed by atoms with Gasteiger partial charge >= 0.3 is 0 Å². The quantitative estimate of drug-likeness (QED) is 0.734. The lowest BCUT2D eigenvalue weighted by atomic mass is 10.3. The largest absolute Gasteiger partial charge is 0.333 e. The van der Waals surface area contributed by atoms with Gasteiger partial charge in [0.2, 0.25) is 0 Å². The van der Waals surface area contributed by atoms with Gasteiger partial charge in [-0.15, -0.1) is 0 Å². The molecule has 21 heavy (non-hydrogen) atoms. The Balaban J connectivity index is 1.66. The molecule has 0 atom stereocenters.